The number of nitrogens with zero attached hydrogens (tertiary/aromatic N) is 4. The van der Waals surface area contributed by atoms with E-state index >= 15 is 0 Å². The molecule has 0 bridgehead atoms. The SMILES string of the molecule is CCc1nccn1CCC(=O)N[C@@H](c1cnn(C)c1)C1CC(O)C1. The Kier molecular flexibility index (Phi) is 4.99. The number of imidazole rings is 1. The fourth-order valence-corrected chi connectivity index (χ4v) is 3.30. The number of aliphatic hydroxyl groups excluding tert-OH is 1. The first kappa shape index (κ1) is 16.7. The van der Waals surface area contributed by atoms with Crippen LogP contribution in [0.4, 0.5) is 0 Å². The minimum Gasteiger partial charge on any atom is -0.393 e. The number of aliphatic hydroxyl groups is 1. The Balaban J connectivity index is 1.61. The molecule has 2 N–H and O–H groups in total. The topological polar surface area (TPSA) is 85.0 Å². The Morgan fingerprint density at radius 1 is 1.50 bits per heavy atom. The van der Waals surface area contributed by atoms with Gasteiger partial charge in [0, 0.05) is 50.6 Å². The molecule has 0 spiro atoms. The first-order chi connectivity index (χ1) is 11.6. The van der Waals surface area contributed by atoms with E-state index in [1.165, 1.54) is 0 Å². The van der Waals surface area contributed by atoms with Crippen LogP contribution in [0.1, 0.15) is 43.6 Å². The van der Waals surface area contributed by atoms with Gasteiger partial charge in [-0.2, -0.15) is 5.10 Å². The number of aromatic nitrogens is 4. The van der Waals surface area contributed by atoms with Gasteiger partial charge in [-0.15, -0.1) is 0 Å². The molecule has 0 saturated heterocycles. The molecule has 7 heteroatoms. The highest BCUT2D eigenvalue weighted by molar-refractivity contribution is 5.76. The van der Waals surface area contributed by atoms with Crippen LogP contribution >= 0.6 is 0 Å². The quantitative estimate of drug-likeness (QED) is 0.798. The van der Waals surface area contributed by atoms with Gasteiger partial charge in [0.05, 0.1) is 18.3 Å². The number of nitrogens with one attached hydrogen (secondary N) is 1. The summed E-state index contributed by atoms with van der Waals surface area (Å²) in [5.74, 6) is 1.28. The fraction of sp³-hybridized carbons (Fsp3) is 0.588. The van der Waals surface area contributed by atoms with Crippen LogP contribution in [0.5, 0.6) is 0 Å². The summed E-state index contributed by atoms with van der Waals surface area (Å²) in [5.41, 5.74) is 1.000. The van der Waals surface area contributed by atoms with Gasteiger partial charge in [0.25, 0.3) is 0 Å². The van der Waals surface area contributed by atoms with E-state index in [9.17, 15) is 9.90 Å². The number of hydrogen-bond acceptors (Lipinski definition) is 4. The van der Waals surface area contributed by atoms with Gasteiger partial charge in [-0.25, -0.2) is 4.98 Å². The van der Waals surface area contributed by atoms with Gasteiger partial charge >= 0.3 is 0 Å². The van der Waals surface area contributed by atoms with Gasteiger partial charge in [-0.1, -0.05) is 6.92 Å². The molecule has 2 aromatic heterocycles. The standard InChI is InChI=1S/C17H25N5O2/c1-3-15-18-5-7-22(15)6-4-16(24)20-17(12-8-14(23)9-12)13-10-19-21(2)11-13/h5,7,10-12,14,17,23H,3-4,6,8-9H2,1-2H3,(H,20,24)/t12?,14?,17-/m1/s1. The van der Waals surface area contributed by atoms with Crippen LogP contribution < -0.4 is 5.32 Å². The van der Waals surface area contributed by atoms with Gasteiger partial charge < -0.3 is 15.0 Å². The molecule has 1 saturated carbocycles. The first-order valence-corrected chi connectivity index (χ1v) is 8.52. The normalized spacial score (nSPS) is 21.3. The van der Waals surface area contributed by atoms with Gasteiger partial charge in [-0.05, 0) is 18.8 Å². The van der Waals surface area contributed by atoms with Gasteiger partial charge in [0.15, 0.2) is 0 Å². The zero-order valence-electron chi connectivity index (χ0n) is 14.2. The molecule has 2 heterocycles. The summed E-state index contributed by atoms with van der Waals surface area (Å²) in [6.07, 6.45) is 9.87. The maximum absolute atomic E-state index is 12.4. The van der Waals surface area contributed by atoms with E-state index in [1.54, 1.807) is 17.1 Å². The second-order valence-corrected chi connectivity index (χ2v) is 6.52. The summed E-state index contributed by atoms with van der Waals surface area (Å²) in [7, 11) is 1.86. The van der Waals surface area contributed by atoms with Crippen molar-refractivity contribution in [1.29, 1.82) is 0 Å². The molecule has 1 amide bonds. The summed E-state index contributed by atoms with van der Waals surface area (Å²) >= 11 is 0. The summed E-state index contributed by atoms with van der Waals surface area (Å²) in [5, 5.41) is 16.9. The highest BCUT2D eigenvalue weighted by atomic mass is 16.3. The lowest BCUT2D eigenvalue weighted by Crippen LogP contribution is -2.41. The van der Waals surface area contributed by atoms with E-state index in [0.29, 0.717) is 13.0 Å². The highest BCUT2D eigenvalue weighted by Gasteiger charge is 2.36. The molecule has 0 aliphatic heterocycles. The molecule has 3 rings (SSSR count). The Bertz CT molecular complexity index is 687. The van der Waals surface area contributed by atoms with E-state index < -0.39 is 0 Å². The molecule has 1 aliphatic carbocycles. The molecule has 2 aromatic rings. The molecule has 1 atom stereocenters. The van der Waals surface area contributed by atoms with Gasteiger partial charge in [-0.3, -0.25) is 9.48 Å². The average Bonchev–Trinajstić information content (AvgIpc) is 3.16. The van der Waals surface area contributed by atoms with Crippen molar-refractivity contribution in [2.75, 3.05) is 0 Å². The zero-order valence-corrected chi connectivity index (χ0v) is 14.2. The molecule has 0 radical (unpaired) electrons. The number of aryl methyl sites for hydroxylation is 3. The van der Waals surface area contributed by atoms with Crippen LogP contribution in [-0.2, 0) is 24.8 Å². The fourth-order valence-electron chi connectivity index (χ4n) is 3.30. The first-order valence-electron chi connectivity index (χ1n) is 8.52. The number of carbonyl (C=O) groups is 1. The molecule has 0 aromatic carbocycles. The van der Waals surface area contributed by atoms with Crippen LogP contribution in [0.3, 0.4) is 0 Å². The number of amides is 1. The lowest BCUT2D eigenvalue weighted by molar-refractivity contribution is -0.123. The Labute approximate surface area is 141 Å². The zero-order chi connectivity index (χ0) is 17.1. The van der Waals surface area contributed by atoms with Crippen molar-refractivity contribution < 1.29 is 9.90 Å². The Morgan fingerprint density at radius 3 is 2.92 bits per heavy atom. The third-order valence-electron chi connectivity index (χ3n) is 4.72. The van der Waals surface area contributed by atoms with Crippen molar-refractivity contribution in [3.63, 3.8) is 0 Å². The van der Waals surface area contributed by atoms with E-state index in [0.717, 1.165) is 30.7 Å². The van der Waals surface area contributed by atoms with Gasteiger partial charge in [0.1, 0.15) is 5.82 Å². The van der Waals surface area contributed by atoms with E-state index in [-0.39, 0.29) is 24.0 Å². The molecule has 24 heavy (non-hydrogen) atoms. The Morgan fingerprint density at radius 2 is 2.29 bits per heavy atom. The van der Waals surface area contributed by atoms with Crippen LogP contribution in [0, 0.1) is 5.92 Å². The molecule has 7 nitrogen and oxygen atoms in total. The smallest absolute Gasteiger partial charge is 0.222 e. The minimum absolute atomic E-state index is 0.0148. The van der Waals surface area contributed by atoms with Crippen LogP contribution in [0.15, 0.2) is 24.8 Å². The lowest BCUT2D eigenvalue weighted by Gasteiger charge is -2.37. The molecular weight excluding hydrogens is 306 g/mol. The van der Waals surface area contributed by atoms with Crippen molar-refractivity contribution in [3.8, 4) is 0 Å². The Hall–Kier alpha value is -2.15. The lowest BCUT2D eigenvalue weighted by atomic mass is 9.75. The van der Waals surface area contributed by atoms with Crippen LogP contribution in [0.25, 0.3) is 0 Å². The average molecular weight is 331 g/mol. The second kappa shape index (κ2) is 7.17. The number of rotatable bonds is 7. The summed E-state index contributed by atoms with van der Waals surface area (Å²) < 4.78 is 3.76. The predicted octanol–water partition coefficient (Wildman–Crippen LogP) is 1.20. The van der Waals surface area contributed by atoms with Crippen molar-refractivity contribution >= 4 is 5.91 Å². The minimum atomic E-state index is -0.246. The van der Waals surface area contributed by atoms with Crippen LogP contribution in [-0.4, -0.2) is 36.4 Å². The van der Waals surface area contributed by atoms with Gasteiger partial charge in [0.2, 0.25) is 5.91 Å². The van der Waals surface area contributed by atoms with E-state index in [1.807, 2.05) is 24.0 Å². The maximum Gasteiger partial charge on any atom is 0.222 e. The second-order valence-electron chi connectivity index (χ2n) is 6.52. The summed E-state index contributed by atoms with van der Waals surface area (Å²) in [6, 6.07) is -0.0805. The van der Waals surface area contributed by atoms with E-state index in [2.05, 4.69) is 22.3 Å². The van der Waals surface area contributed by atoms with Crippen molar-refractivity contribution in [1.82, 2.24) is 24.6 Å². The highest BCUT2D eigenvalue weighted by Crippen LogP contribution is 2.37. The maximum atomic E-state index is 12.4. The third-order valence-corrected chi connectivity index (χ3v) is 4.72. The number of hydrogen-bond donors (Lipinski definition) is 2. The van der Waals surface area contributed by atoms with E-state index in [4.69, 9.17) is 0 Å². The summed E-state index contributed by atoms with van der Waals surface area (Å²) in [4.78, 5) is 16.7. The number of carbonyl (C=O) groups excluding carboxylic acids is 1. The summed E-state index contributed by atoms with van der Waals surface area (Å²) in [6.45, 7) is 2.68. The predicted molar refractivity (Wildman–Crippen MR) is 89.0 cm³/mol. The van der Waals surface area contributed by atoms with Crippen molar-refractivity contribution in [2.24, 2.45) is 13.0 Å². The molecule has 1 fully saturated rings. The monoisotopic (exact) mass is 331 g/mol. The molecule has 130 valence electrons. The molecular formula is C17H25N5O2. The van der Waals surface area contributed by atoms with Crippen molar-refractivity contribution in [3.05, 3.63) is 36.2 Å². The third kappa shape index (κ3) is 3.67. The molecule has 0 unspecified atom stereocenters. The van der Waals surface area contributed by atoms with Crippen molar-refractivity contribution in [2.45, 2.75) is 51.3 Å². The van der Waals surface area contributed by atoms with Crippen LogP contribution in [0.2, 0.25) is 0 Å². The largest absolute Gasteiger partial charge is 0.393 e. The molecule has 1 aliphatic rings.